The monoisotopic (exact) mass is 219 g/mol. The van der Waals surface area contributed by atoms with Crippen LogP contribution >= 0.6 is 0 Å². The van der Waals surface area contributed by atoms with Gasteiger partial charge in [-0.15, -0.1) is 0 Å². The Bertz CT molecular complexity index is 450. The summed E-state index contributed by atoms with van der Waals surface area (Å²) in [5.41, 5.74) is 6.54. The molecule has 5 heteroatoms. The number of aromatic nitrogens is 3. The molecule has 2 heterocycles. The van der Waals surface area contributed by atoms with Crippen LogP contribution in [-0.2, 0) is 0 Å². The second-order valence-corrected chi connectivity index (χ2v) is 3.81. The van der Waals surface area contributed by atoms with Gasteiger partial charge in [0.1, 0.15) is 5.82 Å². The lowest BCUT2D eigenvalue weighted by Gasteiger charge is -2.16. The second kappa shape index (κ2) is 4.94. The van der Waals surface area contributed by atoms with E-state index in [-0.39, 0.29) is 0 Å². The average Bonchev–Trinajstić information content (AvgIpc) is 2.75. The summed E-state index contributed by atoms with van der Waals surface area (Å²) in [6.45, 7) is 2.78. The lowest BCUT2D eigenvalue weighted by Crippen LogP contribution is -2.29. The minimum atomic E-state index is 0.294. The van der Waals surface area contributed by atoms with Crippen molar-refractivity contribution in [3.05, 3.63) is 24.5 Å². The molecule has 0 saturated carbocycles. The highest BCUT2D eigenvalue weighted by Crippen LogP contribution is 2.09. The van der Waals surface area contributed by atoms with Crippen molar-refractivity contribution in [2.75, 3.05) is 11.9 Å². The fraction of sp³-hybridized carbons (Fsp3) is 0.455. The fourth-order valence-electron chi connectivity index (χ4n) is 1.70. The van der Waals surface area contributed by atoms with Crippen LogP contribution in [0.3, 0.4) is 0 Å². The van der Waals surface area contributed by atoms with E-state index in [0.29, 0.717) is 12.6 Å². The molecule has 0 aromatic carbocycles. The first kappa shape index (κ1) is 10.9. The number of hydrogen-bond donors (Lipinski definition) is 2. The molecule has 0 radical (unpaired) electrons. The molecule has 3 N–H and O–H groups in total. The van der Waals surface area contributed by atoms with Crippen LogP contribution in [0.15, 0.2) is 24.5 Å². The maximum Gasteiger partial charge on any atom is 0.157 e. The minimum absolute atomic E-state index is 0.294. The van der Waals surface area contributed by atoms with Crippen LogP contribution in [0.5, 0.6) is 0 Å². The maximum atomic E-state index is 5.69. The Balaban J connectivity index is 2.13. The van der Waals surface area contributed by atoms with Gasteiger partial charge in [-0.3, -0.25) is 0 Å². The van der Waals surface area contributed by atoms with Crippen molar-refractivity contribution in [2.24, 2.45) is 5.73 Å². The van der Waals surface area contributed by atoms with E-state index in [1.54, 1.807) is 10.7 Å². The highest BCUT2D eigenvalue weighted by molar-refractivity contribution is 5.45. The summed E-state index contributed by atoms with van der Waals surface area (Å²) in [4.78, 5) is 4.44. The van der Waals surface area contributed by atoms with E-state index in [0.717, 1.165) is 24.3 Å². The predicted octanol–water partition coefficient (Wildman–Crippen LogP) is 1.27. The molecule has 2 aromatic rings. The summed E-state index contributed by atoms with van der Waals surface area (Å²) >= 11 is 0. The van der Waals surface area contributed by atoms with Crippen LogP contribution in [-0.4, -0.2) is 27.2 Å². The van der Waals surface area contributed by atoms with E-state index in [1.165, 1.54) is 0 Å². The molecule has 0 saturated heterocycles. The van der Waals surface area contributed by atoms with Gasteiger partial charge < -0.3 is 11.1 Å². The smallest absolute Gasteiger partial charge is 0.157 e. The average molecular weight is 219 g/mol. The molecule has 1 unspecified atom stereocenters. The van der Waals surface area contributed by atoms with Crippen molar-refractivity contribution in [3.63, 3.8) is 0 Å². The SMILES string of the molecule is CCCC(CN)Nc1ccn2nccc2n1. The van der Waals surface area contributed by atoms with Gasteiger partial charge >= 0.3 is 0 Å². The first-order chi connectivity index (χ1) is 7.83. The number of rotatable bonds is 5. The Labute approximate surface area is 94.7 Å². The first-order valence-electron chi connectivity index (χ1n) is 5.60. The third kappa shape index (κ3) is 2.30. The van der Waals surface area contributed by atoms with Crippen LogP contribution in [0.1, 0.15) is 19.8 Å². The second-order valence-electron chi connectivity index (χ2n) is 3.81. The zero-order chi connectivity index (χ0) is 11.4. The molecule has 0 aliphatic heterocycles. The van der Waals surface area contributed by atoms with E-state index in [1.807, 2.05) is 18.3 Å². The van der Waals surface area contributed by atoms with Gasteiger partial charge in [-0.1, -0.05) is 13.3 Å². The van der Waals surface area contributed by atoms with Gasteiger partial charge in [-0.2, -0.15) is 5.10 Å². The van der Waals surface area contributed by atoms with Gasteiger partial charge in [0, 0.05) is 24.8 Å². The summed E-state index contributed by atoms with van der Waals surface area (Å²) in [5, 5.41) is 7.43. The molecule has 0 aliphatic carbocycles. The summed E-state index contributed by atoms with van der Waals surface area (Å²) in [6.07, 6.45) is 5.80. The highest BCUT2D eigenvalue weighted by atomic mass is 15.2. The number of nitrogens with two attached hydrogens (primary N) is 1. The maximum absolute atomic E-state index is 5.69. The molecular weight excluding hydrogens is 202 g/mol. The number of anilines is 1. The summed E-state index contributed by atoms with van der Waals surface area (Å²) in [7, 11) is 0. The number of nitrogens with one attached hydrogen (secondary N) is 1. The molecule has 0 amide bonds. The third-order valence-corrected chi connectivity index (χ3v) is 2.53. The van der Waals surface area contributed by atoms with Crippen molar-refractivity contribution in [1.29, 1.82) is 0 Å². The summed E-state index contributed by atoms with van der Waals surface area (Å²) in [6, 6.07) is 4.09. The molecule has 1 atom stereocenters. The molecule has 0 aliphatic rings. The summed E-state index contributed by atoms with van der Waals surface area (Å²) < 4.78 is 1.74. The topological polar surface area (TPSA) is 68.2 Å². The third-order valence-electron chi connectivity index (χ3n) is 2.53. The lowest BCUT2D eigenvalue weighted by atomic mass is 10.2. The Kier molecular flexibility index (Phi) is 3.36. The van der Waals surface area contributed by atoms with E-state index in [4.69, 9.17) is 5.73 Å². The predicted molar refractivity (Wildman–Crippen MR) is 64.4 cm³/mol. The van der Waals surface area contributed by atoms with Crippen molar-refractivity contribution in [3.8, 4) is 0 Å². The molecule has 0 spiro atoms. The van der Waals surface area contributed by atoms with Gasteiger partial charge in [-0.05, 0) is 12.5 Å². The summed E-state index contributed by atoms with van der Waals surface area (Å²) in [5.74, 6) is 0.858. The van der Waals surface area contributed by atoms with Crippen molar-refractivity contribution in [2.45, 2.75) is 25.8 Å². The quantitative estimate of drug-likeness (QED) is 0.794. The van der Waals surface area contributed by atoms with Crippen molar-refractivity contribution >= 4 is 11.5 Å². The standard InChI is InChI=1S/C11H17N5/c1-2-3-9(8-12)14-10-5-7-16-11(15-10)4-6-13-16/h4-7,9H,2-3,8,12H2,1H3,(H,14,15). The number of fused-ring (bicyclic) bond motifs is 1. The Hall–Kier alpha value is -1.62. The van der Waals surface area contributed by atoms with Gasteiger partial charge in [-0.25, -0.2) is 9.50 Å². The molecule has 0 bridgehead atoms. The lowest BCUT2D eigenvalue weighted by molar-refractivity contribution is 0.646. The van der Waals surface area contributed by atoms with Crippen LogP contribution in [0, 0.1) is 0 Å². The van der Waals surface area contributed by atoms with E-state index >= 15 is 0 Å². The zero-order valence-electron chi connectivity index (χ0n) is 9.43. The van der Waals surface area contributed by atoms with E-state index in [2.05, 4.69) is 22.3 Å². The molecule has 16 heavy (non-hydrogen) atoms. The highest BCUT2D eigenvalue weighted by Gasteiger charge is 2.06. The molecule has 2 rings (SSSR count). The fourth-order valence-corrected chi connectivity index (χ4v) is 1.70. The molecule has 5 nitrogen and oxygen atoms in total. The Morgan fingerprint density at radius 1 is 1.50 bits per heavy atom. The Morgan fingerprint density at radius 3 is 3.12 bits per heavy atom. The van der Waals surface area contributed by atoms with Crippen LogP contribution < -0.4 is 11.1 Å². The molecule has 2 aromatic heterocycles. The van der Waals surface area contributed by atoms with Gasteiger partial charge in [0.05, 0.1) is 6.20 Å². The van der Waals surface area contributed by atoms with Gasteiger partial charge in [0.25, 0.3) is 0 Å². The molecule has 86 valence electrons. The zero-order valence-corrected chi connectivity index (χ0v) is 9.43. The number of nitrogens with zero attached hydrogens (tertiary/aromatic N) is 3. The number of hydrogen-bond acceptors (Lipinski definition) is 4. The molecular formula is C11H17N5. The van der Waals surface area contributed by atoms with E-state index in [9.17, 15) is 0 Å². The largest absolute Gasteiger partial charge is 0.366 e. The Morgan fingerprint density at radius 2 is 2.38 bits per heavy atom. The van der Waals surface area contributed by atoms with E-state index < -0.39 is 0 Å². The van der Waals surface area contributed by atoms with Crippen LogP contribution in [0.25, 0.3) is 5.65 Å². The van der Waals surface area contributed by atoms with Crippen molar-refractivity contribution in [1.82, 2.24) is 14.6 Å². The normalized spacial score (nSPS) is 12.9. The van der Waals surface area contributed by atoms with Gasteiger partial charge in [0.2, 0.25) is 0 Å². The molecule has 0 fully saturated rings. The van der Waals surface area contributed by atoms with Crippen LogP contribution in [0.4, 0.5) is 5.82 Å². The first-order valence-corrected chi connectivity index (χ1v) is 5.60. The minimum Gasteiger partial charge on any atom is -0.366 e. The van der Waals surface area contributed by atoms with Gasteiger partial charge in [0.15, 0.2) is 5.65 Å². The van der Waals surface area contributed by atoms with Crippen molar-refractivity contribution < 1.29 is 0 Å². The van der Waals surface area contributed by atoms with Crippen LogP contribution in [0.2, 0.25) is 0 Å².